The summed E-state index contributed by atoms with van der Waals surface area (Å²) in [4.78, 5) is 15.9. The van der Waals surface area contributed by atoms with E-state index in [9.17, 15) is 0 Å². The second-order valence-corrected chi connectivity index (χ2v) is 11.9. The Bertz CT molecular complexity index is 2520. The van der Waals surface area contributed by atoms with E-state index in [1.807, 2.05) is 36.4 Å². The first-order valence-corrected chi connectivity index (χ1v) is 15.4. The molecule has 1 aliphatic carbocycles. The Hall–Kier alpha value is -5.93. The fourth-order valence-corrected chi connectivity index (χ4v) is 7.84. The SMILES string of the molecule is c1ccc(-c2nc(-c3ccccc3)nc(C3(c4ccccc4)c4cccc5c6cccc7ccc8ccc3c(c45)c8c76)n2)cc1. The number of rotatable bonds is 4. The van der Waals surface area contributed by atoms with Gasteiger partial charge in [0, 0.05) is 11.1 Å². The summed E-state index contributed by atoms with van der Waals surface area (Å²) in [6.45, 7) is 0. The quantitative estimate of drug-likeness (QED) is 0.156. The molecule has 1 aromatic heterocycles. The lowest BCUT2D eigenvalue weighted by molar-refractivity contribution is 0.694. The minimum atomic E-state index is -0.754. The van der Waals surface area contributed by atoms with Crippen LogP contribution in [0.1, 0.15) is 22.5 Å². The predicted octanol–water partition coefficient (Wildman–Crippen LogP) is 9.95. The maximum atomic E-state index is 5.40. The maximum Gasteiger partial charge on any atom is 0.163 e. The molecule has 0 spiro atoms. The first-order chi connectivity index (χ1) is 22.3. The van der Waals surface area contributed by atoms with Crippen molar-refractivity contribution >= 4 is 43.1 Å². The molecule has 1 aliphatic rings. The van der Waals surface area contributed by atoms with Crippen molar-refractivity contribution < 1.29 is 0 Å². The van der Waals surface area contributed by atoms with Gasteiger partial charge >= 0.3 is 0 Å². The molecule has 0 aliphatic heterocycles. The molecule has 3 heteroatoms. The fraction of sp³-hybridized carbons (Fsp3) is 0.0238. The van der Waals surface area contributed by atoms with Crippen LogP contribution in [0.5, 0.6) is 0 Å². The van der Waals surface area contributed by atoms with Crippen molar-refractivity contribution in [3.63, 3.8) is 0 Å². The summed E-state index contributed by atoms with van der Waals surface area (Å²) in [6.07, 6.45) is 0. The lowest BCUT2D eigenvalue weighted by atomic mass is 9.71. The van der Waals surface area contributed by atoms with E-state index in [2.05, 4.69) is 115 Å². The van der Waals surface area contributed by atoms with Crippen LogP contribution in [0.3, 0.4) is 0 Å². The molecule has 45 heavy (non-hydrogen) atoms. The predicted molar refractivity (Wildman–Crippen MR) is 184 cm³/mol. The summed E-state index contributed by atoms with van der Waals surface area (Å²) in [5, 5.41) is 10.3. The molecule has 0 radical (unpaired) electrons. The minimum Gasteiger partial charge on any atom is -0.211 e. The van der Waals surface area contributed by atoms with Gasteiger partial charge < -0.3 is 0 Å². The lowest BCUT2D eigenvalue weighted by Gasteiger charge is -2.32. The van der Waals surface area contributed by atoms with Crippen LogP contribution in [0, 0.1) is 0 Å². The highest BCUT2D eigenvalue weighted by Gasteiger charge is 2.48. The summed E-state index contributed by atoms with van der Waals surface area (Å²) in [7, 11) is 0. The largest absolute Gasteiger partial charge is 0.211 e. The average molecular weight is 572 g/mol. The zero-order chi connectivity index (χ0) is 29.5. The molecule has 8 aromatic carbocycles. The standard InChI is InChI=1S/C42H25N3/c1-4-12-28(13-5-1)39-43-40(29-14-6-2-7-15-29)45-41(44-39)42(30-17-8-3-9-18-30)33-21-11-20-32-31-19-10-16-26-22-23-27-24-25-34(42)38(37(32)33)36(27)35(26)31/h1-25H. The van der Waals surface area contributed by atoms with Crippen molar-refractivity contribution in [1.82, 2.24) is 15.0 Å². The summed E-state index contributed by atoms with van der Waals surface area (Å²) in [6, 6.07) is 53.9. The zero-order valence-electron chi connectivity index (χ0n) is 24.3. The number of hydrogen-bond donors (Lipinski definition) is 0. The van der Waals surface area contributed by atoms with Crippen molar-refractivity contribution in [3.8, 4) is 22.8 Å². The number of hydrogen-bond acceptors (Lipinski definition) is 3. The van der Waals surface area contributed by atoms with Gasteiger partial charge in [-0.05, 0) is 59.8 Å². The van der Waals surface area contributed by atoms with Crippen molar-refractivity contribution in [2.45, 2.75) is 5.41 Å². The molecule has 1 heterocycles. The second-order valence-electron chi connectivity index (χ2n) is 11.9. The highest BCUT2D eigenvalue weighted by Crippen LogP contribution is 2.57. The molecule has 3 nitrogen and oxygen atoms in total. The number of nitrogens with zero attached hydrogens (tertiary/aromatic N) is 3. The summed E-state index contributed by atoms with van der Waals surface area (Å²) in [5.41, 5.74) is 4.75. The summed E-state index contributed by atoms with van der Waals surface area (Å²) < 4.78 is 0. The van der Waals surface area contributed by atoms with E-state index in [1.54, 1.807) is 0 Å². The highest BCUT2D eigenvalue weighted by molar-refractivity contribution is 6.36. The first-order valence-electron chi connectivity index (χ1n) is 15.4. The van der Waals surface area contributed by atoms with Gasteiger partial charge in [-0.3, -0.25) is 0 Å². The average Bonchev–Trinajstić information content (AvgIpc) is 3.44. The van der Waals surface area contributed by atoms with E-state index in [1.165, 1.54) is 54.2 Å². The molecule has 9 aromatic rings. The molecular weight excluding hydrogens is 546 g/mol. The third kappa shape index (κ3) is 3.22. The van der Waals surface area contributed by atoms with E-state index in [4.69, 9.17) is 15.0 Å². The molecule has 0 bridgehead atoms. The highest BCUT2D eigenvalue weighted by atomic mass is 15.0. The van der Waals surface area contributed by atoms with E-state index in [0.29, 0.717) is 11.6 Å². The van der Waals surface area contributed by atoms with Gasteiger partial charge in [-0.25, -0.2) is 15.0 Å². The molecule has 1 atom stereocenters. The maximum absolute atomic E-state index is 5.40. The Morgan fingerprint density at radius 3 is 1.56 bits per heavy atom. The van der Waals surface area contributed by atoms with Crippen LogP contribution in [-0.4, -0.2) is 15.0 Å². The van der Waals surface area contributed by atoms with Gasteiger partial charge in [0.2, 0.25) is 0 Å². The van der Waals surface area contributed by atoms with Crippen LogP contribution in [0.15, 0.2) is 152 Å². The Morgan fingerprint density at radius 2 is 0.889 bits per heavy atom. The second kappa shape index (κ2) is 9.04. The topological polar surface area (TPSA) is 38.7 Å². The smallest absolute Gasteiger partial charge is 0.163 e. The Balaban J connectivity index is 1.42. The molecule has 0 saturated carbocycles. The van der Waals surface area contributed by atoms with Crippen LogP contribution in [0.25, 0.3) is 65.9 Å². The molecule has 0 saturated heterocycles. The summed E-state index contributed by atoms with van der Waals surface area (Å²) in [5.74, 6) is 2.07. The van der Waals surface area contributed by atoms with Gasteiger partial charge in [-0.2, -0.15) is 0 Å². The number of benzene rings is 8. The number of aromatic nitrogens is 3. The normalized spacial score (nSPS) is 15.6. The zero-order valence-corrected chi connectivity index (χ0v) is 24.3. The first kappa shape index (κ1) is 24.5. The molecular formula is C42H25N3. The van der Waals surface area contributed by atoms with Crippen LogP contribution in [0.2, 0.25) is 0 Å². The molecule has 1 unspecified atom stereocenters. The Labute approximate surface area is 259 Å². The van der Waals surface area contributed by atoms with Crippen molar-refractivity contribution in [1.29, 1.82) is 0 Å². The van der Waals surface area contributed by atoms with E-state index in [0.717, 1.165) is 22.5 Å². The van der Waals surface area contributed by atoms with E-state index in [-0.39, 0.29) is 0 Å². The van der Waals surface area contributed by atoms with Crippen molar-refractivity contribution in [2.75, 3.05) is 0 Å². The number of fused-ring (bicyclic) bond motifs is 1. The van der Waals surface area contributed by atoms with Gasteiger partial charge in [0.1, 0.15) is 5.41 Å². The van der Waals surface area contributed by atoms with Crippen molar-refractivity contribution in [2.24, 2.45) is 0 Å². The van der Waals surface area contributed by atoms with Crippen LogP contribution >= 0.6 is 0 Å². The van der Waals surface area contributed by atoms with Gasteiger partial charge in [-0.1, -0.05) is 152 Å². The van der Waals surface area contributed by atoms with Crippen LogP contribution in [-0.2, 0) is 5.41 Å². The molecule has 0 fully saturated rings. The fourth-order valence-electron chi connectivity index (χ4n) is 7.84. The van der Waals surface area contributed by atoms with Gasteiger partial charge in [0.15, 0.2) is 17.5 Å². The van der Waals surface area contributed by atoms with Gasteiger partial charge in [-0.15, -0.1) is 0 Å². The third-order valence-corrected chi connectivity index (χ3v) is 9.68. The summed E-state index contributed by atoms with van der Waals surface area (Å²) >= 11 is 0. The Kier molecular flexibility index (Phi) is 4.92. The van der Waals surface area contributed by atoms with Crippen molar-refractivity contribution in [3.05, 3.63) is 174 Å². The molecule has 0 N–H and O–H groups in total. The van der Waals surface area contributed by atoms with Crippen LogP contribution in [0.4, 0.5) is 0 Å². The molecule has 10 rings (SSSR count). The van der Waals surface area contributed by atoms with Gasteiger partial charge in [0.25, 0.3) is 0 Å². The molecule has 0 amide bonds. The molecule has 208 valence electrons. The van der Waals surface area contributed by atoms with E-state index >= 15 is 0 Å². The van der Waals surface area contributed by atoms with Gasteiger partial charge in [0.05, 0.1) is 0 Å². The monoisotopic (exact) mass is 571 g/mol. The van der Waals surface area contributed by atoms with Crippen LogP contribution < -0.4 is 0 Å². The minimum absolute atomic E-state index is 0.669. The third-order valence-electron chi connectivity index (χ3n) is 9.68. The van der Waals surface area contributed by atoms with E-state index < -0.39 is 5.41 Å². The Morgan fingerprint density at radius 1 is 0.356 bits per heavy atom. The lowest BCUT2D eigenvalue weighted by Crippen LogP contribution is -2.32.